The largest absolute Gasteiger partial charge is 0.490 e. The lowest BCUT2D eigenvalue weighted by molar-refractivity contribution is -0.129. The minimum Gasteiger partial charge on any atom is -0.490 e. The van der Waals surface area contributed by atoms with Crippen LogP contribution in [-0.4, -0.2) is 24.6 Å². The van der Waals surface area contributed by atoms with Crippen LogP contribution in [0.25, 0.3) is 6.08 Å². The van der Waals surface area contributed by atoms with Crippen LogP contribution < -0.4 is 9.47 Å². The second-order valence-electron chi connectivity index (χ2n) is 6.42. The van der Waals surface area contributed by atoms with E-state index in [1.807, 2.05) is 20.8 Å². The highest BCUT2D eigenvalue weighted by Gasteiger charge is 2.26. The fourth-order valence-electron chi connectivity index (χ4n) is 2.65. The maximum atomic E-state index is 12.3. The molecule has 1 unspecified atom stereocenters. The smallest absolute Gasteiger partial charge is 0.363 e. The highest BCUT2D eigenvalue weighted by Crippen LogP contribution is 2.38. The Balaban J connectivity index is 1.97. The minimum atomic E-state index is -0.561. The van der Waals surface area contributed by atoms with Gasteiger partial charge in [-0.15, -0.1) is 0 Å². The van der Waals surface area contributed by atoms with Gasteiger partial charge in [0, 0.05) is 0 Å². The zero-order valence-electron chi connectivity index (χ0n) is 16.4. The summed E-state index contributed by atoms with van der Waals surface area (Å²) < 4.78 is 16.9. The Bertz CT molecular complexity index is 985. The van der Waals surface area contributed by atoms with Crippen LogP contribution in [-0.2, 0) is 9.53 Å². The molecule has 0 saturated heterocycles. The van der Waals surface area contributed by atoms with Crippen LogP contribution in [0, 0.1) is 0 Å². The van der Waals surface area contributed by atoms with E-state index in [9.17, 15) is 4.79 Å². The first kappa shape index (κ1) is 21.2. The number of rotatable bonds is 7. The molecule has 0 fully saturated rings. The van der Waals surface area contributed by atoms with Crippen molar-refractivity contribution < 1.29 is 19.0 Å². The summed E-state index contributed by atoms with van der Waals surface area (Å²) in [4.78, 5) is 16.6. The molecule has 0 spiro atoms. The van der Waals surface area contributed by atoms with Gasteiger partial charge in [-0.3, -0.25) is 0 Å². The lowest BCUT2D eigenvalue weighted by atomic mass is 10.1. The van der Waals surface area contributed by atoms with Crippen LogP contribution in [0.4, 0.5) is 0 Å². The molecule has 7 heteroatoms. The summed E-state index contributed by atoms with van der Waals surface area (Å²) in [5, 5.41) is 0.846. The molecule has 5 nitrogen and oxygen atoms in total. The Labute approximate surface area is 179 Å². The molecule has 0 saturated carbocycles. The molecule has 0 bridgehead atoms. The molecule has 2 aromatic carbocycles. The van der Waals surface area contributed by atoms with E-state index in [4.69, 9.17) is 37.4 Å². The second-order valence-corrected chi connectivity index (χ2v) is 7.23. The van der Waals surface area contributed by atoms with Crippen molar-refractivity contribution in [2.45, 2.75) is 33.3 Å². The number of carbonyl (C=O) groups is 1. The van der Waals surface area contributed by atoms with E-state index < -0.39 is 5.97 Å². The number of esters is 1. The van der Waals surface area contributed by atoms with Gasteiger partial charge in [-0.25, -0.2) is 9.79 Å². The first-order valence-corrected chi connectivity index (χ1v) is 10.1. The van der Waals surface area contributed by atoms with Crippen molar-refractivity contribution >= 4 is 41.1 Å². The molecule has 3 rings (SSSR count). The number of carbonyl (C=O) groups excluding carboxylic acids is 1. The Kier molecular flexibility index (Phi) is 6.83. The van der Waals surface area contributed by atoms with Crippen molar-refractivity contribution in [3.8, 4) is 11.5 Å². The first-order chi connectivity index (χ1) is 13.9. The number of nitrogens with zero attached hydrogens (tertiary/aromatic N) is 1. The monoisotopic (exact) mass is 433 g/mol. The normalized spacial score (nSPS) is 15.8. The Morgan fingerprint density at radius 3 is 2.62 bits per heavy atom. The molecule has 2 aromatic rings. The number of halogens is 2. The van der Waals surface area contributed by atoms with Crippen molar-refractivity contribution in [1.82, 2.24) is 0 Å². The molecule has 152 valence electrons. The SMILES string of the molecule is CCOc1cc(/C=C2\N=C(c3ccccc3Cl)OC2=O)cc(Cl)c1OC(C)CC. The van der Waals surface area contributed by atoms with Gasteiger partial charge in [-0.05, 0) is 56.2 Å². The van der Waals surface area contributed by atoms with Crippen LogP contribution in [0.3, 0.4) is 0 Å². The maximum Gasteiger partial charge on any atom is 0.363 e. The molecular weight excluding hydrogens is 413 g/mol. The fraction of sp³-hybridized carbons (Fsp3) is 0.273. The highest BCUT2D eigenvalue weighted by molar-refractivity contribution is 6.34. The van der Waals surface area contributed by atoms with Gasteiger partial charge < -0.3 is 14.2 Å². The average Bonchev–Trinajstić information content (AvgIpc) is 3.05. The van der Waals surface area contributed by atoms with E-state index in [1.54, 1.807) is 42.5 Å². The Hall–Kier alpha value is -2.50. The van der Waals surface area contributed by atoms with Crippen molar-refractivity contribution in [2.24, 2.45) is 4.99 Å². The summed E-state index contributed by atoms with van der Waals surface area (Å²) in [7, 11) is 0. The lowest BCUT2D eigenvalue weighted by Crippen LogP contribution is -2.11. The summed E-state index contributed by atoms with van der Waals surface area (Å²) >= 11 is 12.6. The third-order valence-corrected chi connectivity index (χ3v) is 4.86. The van der Waals surface area contributed by atoms with Crippen molar-refractivity contribution in [3.63, 3.8) is 0 Å². The summed E-state index contributed by atoms with van der Waals surface area (Å²) in [5.41, 5.74) is 1.34. The predicted octanol–water partition coefficient (Wildman–Crippen LogP) is 5.91. The first-order valence-electron chi connectivity index (χ1n) is 9.33. The van der Waals surface area contributed by atoms with E-state index in [0.29, 0.717) is 39.3 Å². The van der Waals surface area contributed by atoms with E-state index in [-0.39, 0.29) is 17.7 Å². The van der Waals surface area contributed by atoms with Crippen molar-refractivity contribution in [2.75, 3.05) is 6.61 Å². The average molecular weight is 434 g/mol. The highest BCUT2D eigenvalue weighted by atomic mass is 35.5. The van der Waals surface area contributed by atoms with Crippen LogP contribution in [0.15, 0.2) is 47.1 Å². The lowest BCUT2D eigenvalue weighted by Gasteiger charge is -2.18. The minimum absolute atomic E-state index is 0.0106. The quantitative estimate of drug-likeness (QED) is 0.401. The predicted molar refractivity (Wildman–Crippen MR) is 115 cm³/mol. The molecule has 1 aliphatic rings. The van der Waals surface area contributed by atoms with E-state index in [0.717, 1.165) is 6.42 Å². The van der Waals surface area contributed by atoms with Crippen LogP contribution in [0.1, 0.15) is 38.3 Å². The van der Waals surface area contributed by atoms with Gasteiger partial charge in [0.15, 0.2) is 17.2 Å². The molecule has 1 heterocycles. The van der Waals surface area contributed by atoms with E-state index >= 15 is 0 Å². The Morgan fingerprint density at radius 1 is 1.17 bits per heavy atom. The van der Waals surface area contributed by atoms with Crippen LogP contribution in [0.5, 0.6) is 11.5 Å². The van der Waals surface area contributed by atoms with Gasteiger partial charge in [-0.1, -0.05) is 42.3 Å². The molecule has 0 radical (unpaired) electrons. The zero-order chi connectivity index (χ0) is 21.0. The van der Waals surface area contributed by atoms with Crippen molar-refractivity contribution in [3.05, 3.63) is 63.3 Å². The topological polar surface area (TPSA) is 57.1 Å². The number of cyclic esters (lactones) is 1. The third-order valence-electron chi connectivity index (χ3n) is 4.25. The van der Waals surface area contributed by atoms with E-state index in [1.165, 1.54) is 0 Å². The van der Waals surface area contributed by atoms with Crippen molar-refractivity contribution in [1.29, 1.82) is 0 Å². The third kappa shape index (κ3) is 4.92. The molecule has 0 aromatic heterocycles. The summed E-state index contributed by atoms with van der Waals surface area (Å²) in [6.07, 6.45) is 2.41. The van der Waals surface area contributed by atoms with Gasteiger partial charge >= 0.3 is 5.97 Å². The fourth-order valence-corrected chi connectivity index (χ4v) is 3.13. The molecular formula is C22H21Cl2NO4. The van der Waals surface area contributed by atoms with Gasteiger partial charge in [0.05, 0.1) is 28.3 Å². The number of hydrogen-bond donors (Lipinski definition) is 0. The standard InChI is InChI=1S/C22H21Cl2NO4/c1-4-13(3)28-20-17(24)10-14(12-19(20)27-5-2)11-18-22(26)29-21(25-18)15-8-6-7-9-16(15)23/h6-13H,4-5H2,1-3H3/b18-11-. The van der Waals surface area contributed by atoms with Crippen LogP contribution in [0.2, 0.25) is 10.0 Å². The number of hydrogen-bond acceptors (Lipinski definition) is 5. The number of ether oxygens (including phenoxy) is 3. The Morgan fingerprint density at radius 2 is 1.93 bits per heavy atom. The molecule has 0 amide bonds. The number of benzene rings is 2. The summed E-state index contributed by atoms with van der Waals surface area (Å²) in [6.45, 7) is 6.31. The van der Waals surface area contributed by atoms with Gasteiger partial charge in [-0.2, -0.15) is 0 Å². The summed E-state index contributed by atoms with van der Waals surface area (Å²) in [5.74, 6) is 0.599. The zero-order valence-corrected chi connectivity index (χ0v) is 17.9. The van der Waals surface area contributed by atoms with Crippen LogP contribution >= 0.6 is 23.2 Å². The van der Waals surface area contributed by atoms with E-state index in [2.05, 4.69) is 4.99 Å². The van der Waals surface area contributed by atoms with Gasteiger partial charge in [0.2, 0.25) is 5.90 Å². The van der Waals surface area contributed by atoms with Gasteiger partial charge in [0.1, 0.15) is 0 Å². The molecule has 0 N–H and O–H groups in total. The second kappa shape index (κ2) is 9.33. The maximum absolute atomic E-state index is 12.3. The summed E-state index contributed by atoms with van der Waals surface area (Å²) in [6, 6.07) is 10.5. The molecule has 1 aliphatic heterocycles. The molecule has 29 heavy (non-hydrogen) atoms. The molecule has 1 atom stereocenters. The van der Waals surface area contributed by atoms with Gasteiger partial charge in [0.25, 0.3) is 0 Å². The molecule has 0 aliphatic carbocycles. The number of aliphatic imine (C=N–C) groups is 1.